The van der Waals surface area contributed by atoms with E-state index in [1.165, 1.54) is 22.7 Å². The molecule has 0 unspecified atom stereocenters. The van der Waals surface area contributed by atoms with Crippen molar-refractivity contribution < 1.29 is 19.0 Å². The van der Waals surface area contributed by atoms with Gasteiger partial charge in [0, 0.05) is 14.2 Å². The van der Waals surface area contributed by atoms with Crippen molar-refractivity contribution in [2.45, 2.75) is 48.0 Å². The Labute approximate surface area is 188 Å². The molecule has 2 aromatic rings. The highest BCUT2D eigenvalue weighted by atomic mass is 32.2. The minimum absolute atomic E-state index is 0.433. The van der Waals surface area contributed by atoms with Gasteiger partial charge in [0.05, 0.1) is 33.0 Å². The molecule has 1 amide bonds. The third kappa shape index (κ3) is 9.53. The molecule has 164 valence electrons. The Kier molecular flexibility index (Phi) is 11.3. The van der Waals surface area contributed by atoms with Crippen molar-refractivity contribution in [3.05, 3.63) is 11.4 Å². The number of amides is 1. The molecule has 0 spiro atoms. The standard InChI is InChI=1S/C11H18N2O3S2.C6H10N2OS2/c1-11(2,3)16-10(14)13-9-12-7(6-15-4)8(17-5)18-9;1-9-3-4-5(10-2)11-6(7)8-4/h6H2,1-5H3,(H,12,13,14);3H2,1-2H3,(H2,7,8). The van der Waals surface area contributed by atoms with Crippen LogP contribution in [0.4, 0.5) is 15.1 Å². The van der Waals surface area contributed by atoms with Crippen molar-refractivity contribution in [2.75, 3.05) is 37.8 Å². The van der Waals surface area contributed by atoms with Crippen LogP contribution in [0.5, 0.6) is 0 Å². The van der Waals surface area contributed by atoms with Crippen LogP contribution in [0, 0.1) is 0 Å². The predicted molar refractivity (Wildman–Crippen MR) is 123 cm³/mol. The van der Waals surface area contributed by atoms with Gasteiger partial charge in [-0.15, -0.1) is 23.5 Å². The van der Waals surface area contributed by atoms with Crippen LogP contribution in [0.25, 0.3) is 0 Å². The van der Waals surface area contributed by atoms with E-state index >= 15 is 0 Å². The minimum atomic E-state index is -0.515. The molecule has 0 fully saturated rings. The maximum Gasteiger partial charge on any atom is 0.413 e. The molecule has 3 N–H and O–H groups in total. The Hall–Kier alpha value is -1.05. The van der Waals surface area contributed by atoms with Crippen LogP contribution >= 0.6 is 46.2 Å². The zero-order valence-corrected chi connectivity index (χ0v) is 20.9. The van der Waals surface area contributed by atoms with Gasteiger partial charge in [-0.1, -0.05) is 22.7 Å². The van der Waals surface area contributed by atoms with Gasteiger partial charge < -0.3 is 19.9 Å². The molecule has 2 aromatic heterocycles. The summed E-state index contributed by atoms with van der Waals surface area (Å²) in [5.41, 5.74) is 6.79. The van der Waals surface area contributed by atoms with Crippen molar-refractivity contribution in [1.82, 2.24) is 9.97 Å². The number of hydrogen-bond acceptors (Lipinski definition) is 11. The number of methoxy groups -OCH3 is 2. The van der Waals surface area contributed by atoms with Crippen LogP contribution in [-0.4, -0.2) is 48.4 Å². The summed E-state index contributed by atoms with van der Waals surface area (Å²) >= 11 is 6.15. The van der Waals surface area contributed by atoms with E-state index in [0.29, 0.717) is 23.5 Å². The molecule has 29 heavy (non-hydrogen) atoms. The molecule has 12 heteroatoms. The lowest BCUT2D eigenvalue weighted by atomic mass is 10.2. The second-order valence-electron chi connectivity index (χ2n) is 6.44. The van der Waals surface area contributed by atoms with Crippen LogP contribution in [0.1, 0.15) is 32.2 Å². The van der Waals surface area contributed by atoms with Gasteiger partial charge in [0.15, 0.2) is 10.3 Å². The van der Waals surface area contributed by atoms with Crippen molar-refractivity contribution in [1.29, 1.82) is 0 Å². The normalized spacial score (nSPS) is 11.0. The van der Waals surface area contributed by atoms with Crippen LogP contribution in [0.3, 0.4) is 0 Å². The zero-order valence-electron chi connectivity index (χ0n) is 17.7. The van der Waals surface area contributed by atoms with E-state index in [0.717, 1.165) is 19.8 Å². The number of carbonyl (C=O) groups excluding carboxylic acids is 1. The SMILES string of the molecule is COCc1nc(N)sc1SC.COCc1nc(NC(=O)OC(C)(C)C)sc1SC. The molecule has 0 bridgehead atoms. The van der Waals surface area contributed by atoms with Crippen molar-refractivity contribution in [2.24, 2.45) is 0 Å². The molecule has 0 atom stereocenters. The first-order valence-corrected chi connectivity index (χ1v) is 12.5. The molecule has 0 saturated heterocycles. The molecule has 8 nitrogen and oxygen atoms in total. The molecule has 0 radical (unpaired) electrons. The number of hydrogen-bond donors (Lipinski definition) is 2. The molecule has 0 saturated carbocycles. The number of carbonyl (C=O) groups is 1. The quantitative estimate of drug-likeness (QED) is 0.532. The van der Waals surface area contributed by atoms with Gasteiger partial charge in [0.2, 0.25) is 0 Å². The molecular weight excluding hydrogens is 452 g/mol. The van der Waals surface area contributed by atoms with Crippen LogP contribution < -0.4 is 11.1 Å². The summed E-state index contributed by atoms with van der Waals surface area (Å²) in [6.45, 7) is 6.43. The number of thioether (sulfide) groups is 2. The number of nitrogen functional groups attached to an aromatic ring is 1. The van der Waals surface area contributed by atoms with E-state index in [1.807, 2.05) is 33.3 Å². The van der Waals surface area contributed by atoms with Crippen molar-refractivity contribution in [3.63, 3.8) is 0 Å². The van der Waals surface area contributed by atoms with Crippen molar-refractivity contribution in [3.8, 4) is 0 Å². The van der Waals surface area contributed by atoms with E-state index in [4.69, 9.17) is 19.9 Å². The monoisotopic (exact) mass is 480 g/mol. The molecule has 0 aliphatic carbocycles. The maximum atomic E-state index is 11.6. The minimum Gasteiger partial charge on any atom is -0.444 e. The average molecular weight is 481 g/mol. The fourth-order valence-corrected chi connectivity index (χ4v) is 5.01. The third-order valence-electron chi connectivity index (χ3n) is 2.88. The Morgan fingerprint density at radius 3 is 2.03 bits per heavy atom. The average Bonchev–Trinajstić information content (AvgIpc) is 3.16. The Balaban J connectivity index is 0.000000326. The highest BCUT2D eigenvalue weighted by molar-refractivity contribution is 8.00. The van der Waals surface area contributed by atoms with Gasteiger partial charge in [0.1, 0.15) is 5.60 Å². The lowest BCUT2D eigenvalue weighted by Gasteiger charge is -2.18. The first-order valence-electron chi connectivity index (χ1n) is 8.44. The number of aromatic nitrogens is 2. The maximum absolute atomic E-state index is 11.6. The summed E-state index contributed by atoms with van der Waals surface area (Å²) in [7, 11) is 3.27. The van der Waals surface area contributed by atoms with E-state index in [2.05, 4.69) is 15.3 Å². The molecule has 0 aliphatic rings. The van der Waals surface area contributed by atoms with Gasteiger partial charge in [-0.3, -0.25) is 5.32 Å². The lowest BCUT2D eigenvalue weighted by Crippen LogP contribution is -2.27. The van der Waals surface area contributed by atoms with Gasteiger partial charge in [-0.2, -0.15) is 0 Å². The summed E-state index contributed by atoms with van der Waals surface area (Å²) < 4.78 is 17.4. The fourth-order valence-electron chi connectivity index (χ4n) is 1.91. The summed E-state index contributed by atoms with van der Waals surface area (Å²) in [6, 6.07) is 0. The highest BCUT2D eigenvalue weighted by Crippen LogP contribution is 2.31. The number of ether oxygens (including phenoxy) is 3. The predicted octanol–water partition coefficient (Wildman–Crippen LogP) is 4.95. The summed E-state index contributed by atoms with van der Waals surface area (Å²) in [6.07, 6.45) is 3.48. The molecular formula is C17H28N4O4S4. The fraction of sp³-hybridized carbons (Fsp3) is 0.588. The van der Waals surface area contributed by atoms with Gasteiger partial charge in [-0.05, 0) is 33.3 Å². The Bertz CT molecular complexity index is 774. The number of rotatable bonds is 7. The summed E-state index contributed by atoms with van der Waals surface area (Å²) in [5.74, 6) is 0. The molecule has 0 aromatic carbocycles. The van der Waals surface area contributed by atoms with Gasteiger partial charge >= 0.3 is 6.09 Å². The molecule has 2 heterocycles. The largest absolute Gasteiger partial charge is 0.444 e. The van der Waals surface area contributed by atoms with E-state index in [1.54, 1.807) is 37.7 Å². The summed E-state index contributed by atoms with van der Waals surface area (Å²) in [4.78, 5) is 20.0. The van der Waals surface area contributed by atoms with Crippen LogP contribution in [0.15, 0.2) is 8.42 Å². The number of nitrogens with zero attached hydrogens (tertiary/aromatic N) is 2. The van der Waals surface area contributed by atoms with Crippen LogP contribution in [0.2, 0.25) is 0 Å². The number of thiazole rings is 2. The Morgan fingerprint density at radius 1 is 1.03 bits per heavy atom. The second-order valence-corrected chi connectivity index (χ2v) is 10.6. The lowest BCUT2D eigenvalue weighted by molar-refractivity contribution is 0.0636. The second kappa shape index (κ2) is 12.6. The van der Waals surface area contributed by atoms with Crippen LogP contribution in [-0.2, 0) is 27.4 Å². The van der Waals surface area contributed by atoms with E-state index in [-0.39, 0.29) is 0 Å². The Morgan fingerprint density at radius 2 is 1.55 bits per heavy atom. The smallest absolute Gasteiger partial charge is 0.413 e. The highest BCUT2D eigenvalue weighted by Gasteiger charge is 2.18. The van der Waals surface area contributed by atoms with E-state index < -0.39 is 11.7 Å². The first kappa shape index (κ1) is 26.0. The number of nitrogens with one attached hydrogen (secondary N) is 1. The third-order valence-corrected chi connectivity index (χ3v) is 7.12. The van der Waals surface area contributed by atoms with Gasteiger partial charge in [0.25, 0.3) is 0 Å². The number of nitrogens with two attached hydrogens (primary N) is 1. The molecule has 0 aliphatic heterocycles. The number of anilines is 2. The van der Waals surface area contributed by atoms with E-state index in [9.17, 15) is 4.79 Å². The zero-order chi connectivity index (χ0) is 22.0. The summed E-state index contributed by atoms with van der Waals surface area (Å²) in [5, 5.41) is 3.77. The van der Waals surface area contributed by atoms with Gasteiger partial charge in [-0.25, -0.2) is 14.8 Å². The first-order chi connectivity index (χ1) is 13.6. The molecule has 2 rings (SSSR count). The topological polar surface area (TPSA) is 109 Å². The van der Waals surface area contributed by atoms with Crippen molar-refractivity contribution >= 4 is 62.6 Å².